The Bertz CT molecular complexity index is 428. The molecule has 0 aromatic heterocycles. The Kier molecular flexibility index (Phi) is 5.31. The monoisotopic (exact) mass is 285 g/mol. The summed E-state index contributed by atoms with van der Waals surface area (Å²) in [5.74, 6) is 0.804. The van der Waals surface area contributed by atoms with Crippen molar-refractivity contribution >= 4 is 0 Å². The molecule has 1 aromatic carbocycles. The van der Waals surface area contributed by atoms with E-state index < -0.39 is 12.7 Å². The van der Waals surface area contributed by atoms with Gasteiger partial charge < -0.3 is 15.2 Å². The summed E-state index contributed by atoms with van der Waals surface area (Å²) in [5.41, 5.74) is 0.585. The molecule has 3 unspecified atom stereocenters. The fourth-order valence-electron chi connectivity index (χ4n) is 2.69. The van der Waals surface area contributed by atoms with Crippen LogP contribution in [-0.2, 0) is 0 Å². The molecular weight excluding hydrogens is 264 g/mol. The third kappa shape index (κ3) is 4.42. The van der Waals surface area contributed by atoms with E-state index in [-0.39, 0.29) is 5.75 Å². The van der Waals surface area contributed by atoms with Gasteiger partial charge in [0.05, 0.1) is 6.10 Å². The van der Waals surface area contributed by atoms with Gasteiger partial charge in [-0.2, -0.15) is 8.78 Å². The number of rotatable bonds is 6. The van der Waals surface area contributed by atoms with Crippen LogP contribution in [-0.4, -0.2) is 24.3 Å². The maximum absolute atomic E-state index is 12.1. The number of benzene rings is 1. The smallest absolute Gasteiger partial charge is 0.387 e. The first-order valence-electron chi connectivity index (χ1n) is 7.01. The van der Waals surface area contributed by atoms with Gasteiger partial charge in [-0.1, -0.05) is 19.1 Å². The Hall–Kier alpha value is -1.20. The lowest BCUT2D eigenvalue weighted by Crippen LogP contribution is -2.30. The van der Waals surface area contributed by atoms with E-state index in [2.05, 4.69) is 17.0 Å². The summed E-state index contributed by atoms with van der Waals surface area (Å²) in [4.78, 5) is 0. The number of ether oxygens (including phenoxy) is 1. The molecule has 0 aliphatic heterocycles. The molecule has 0 bridgehead atoms. The summed E-state index contributed by atoms with van der Waals surface area (Å²) in [7, 11) is 0. The summed E-state index contributed by atoms with van der Waals surface area (Å²) in [5, 5.41) is 13.4. The highest BCUT2D eigenvalue weighted by atomic mass is 19.3. The number of halogens is 2. The zero-order valence-corrected chi connectivity index (χ0v) is 11.6. The van der Waals surface area contributed by atoms with Crippen LogP contribution in [0.4, 0.5) is 8.78 Å². The van der Waals surface area contributed by atoms with E-state index in [4.69, 9.17) is 0 Å². The van der Waals surface area contributed by atoms with Crippen LogP contribution in [0.5, 0.6) is 5.75 Å². The molecule has 1 aliphatic rings. The lowest BCUT2D eigenvalue weighted by atomic mass is 10.1. The molecule has 3 nitrogen and oxygen atoms in total. The van der Waals surface area contributed by atoms with Gasteiger partial charge in [-0.3, -0.25) is 0 Å². The van der Waals surface area contributed by atoms with Gasteiger partial charge in [0.15, 0.2) is 0 Å². The molecule has 0 saturated heterocycles. The largest absolute Gasteiger partial charge is 0.435 e. The van der Waals surface area contributed by atoms with Gasteiger partial charge >= 0.3 is 6.61 Å². The topological polar surface area (TPSA) is 41.5 Å². The van der Waals surface area contributed by atoms with Gasteiger partial charge in [0, 0.05) is 12.6 Å². The van der Waals surface area contributed by atoms with Gasteiger partial charge in [-0.05, 0) is 42.9 Å². The maximum atomic E-state index is 12.1. The molecule has 1 aliphatic carbocycles. The van der Waals surface area contributed by atoms with Crippen molar-refractivity contribution < 1.29 is 18.6 Å². The van der Waals surface area contributed by atoms with Crippen molar-refractivity contribution in [3.8, 4) is 5.75 Å². The lowest BCUT2D eigenvalue weighted by Gasteiger charge is -2.17. The predicted octanol–water partition coefficient (Wildman–Crippen LogP) is 3.10. The van der Waals surface area contributed by atoms with Gasteiger partial charge in [-0.15, -0.1) is 0 Å². The van der Waals surface area contributed by atoms with Crippen molar-refractivity contribution in [3.05, 3.63) is 29.8 Å². The van der Waals surface area contributed by atoms with Crippen LogP contribution < -0.4 is 10.1 Å². The highest BCUT2D eigenvalue weighted by Gasteiger charge is 2.21. The van der Waals surface area contributed by atoms with E-state index in [9.17, 15) is 13.9 Å². The minimum atomic E-state index is -2.85. The molecule has 20 heavy (non-hydrogen) atoms. The van der Waals surface area contributed by atoms with E-state index in [1.165, 1.54) is 18.6 Å². The van der Waals surface area contributed by atoms with Crippen LogP contribution in [0.15, 0.2) is 24.3 Å². The Morgan fingerprint density at radius 1 is 1.40 bits per heavy atom. The predicted molar refractivity (Wildman–Crippen MR) is 72.8 cm³/mol. The van der Waals surface area contributed by atoms with E-state index >= 15 is 0 Å². The second-order valence-electron chi connectivity index (χ2n) is 5.49. The second-order valence-corrected chi connectivity index (χ2v) is 5.49. The zero-order chi connectivity index (χ0) is 14.5. The molecule has 1 fully saturated rings. The first-order valence-corrected chi connectivity index (χ1v) is 7.01. The summed E-state index contributed by atoms with van der Waals surface area (Å²) in [6, 6.07) is 6.67. The van der Waals surface area contributed by atoms with Crippen LogP contribution in [0.1, 0.15) is 37.9 Å². The lowest BCUT2D eigenvalue weighted by molar-refractivity contribution is -0.0499. The fourth-order valence-corrected chi connectivity index (χ4v) is 2.69. The van der Waals surface area contributed by atoms with Gasteiger partial charge in [0.2, 0.25) is 0 Å². The van der Waals surface area contributed by atoms with Crippen LogP contribution in [0.25, 0.3) is 0 Å². The summed E-state index contributed by atoms with van der Waals surface area (Å²) in [6.45, 7) is -0.195. The molecule has 0 radical (unpaired) electrons. The van der Waals surface area contributed by atoms with Gasteiger partial charge in [-0.25, -0.2) is 0 Å². The average Bonchev–Trinajstić information content (AvgIpc) is 2.81. The maximum Gasteiger partial charge on any atom is 0.387 e. The number of hydrogen-bond acceptors (Lipinski definition) is 3. The minimum Gasteiger partial charge on any atom is -0.435 e. The molecule has 1 aromatic rings. The van der Waals surface area contributed by atoms with Crippen molar-refractivity contribution in [2.24, 2.45) is 5.92 Å². The summed E-state index contributed by atoms with van der Waals surface area (Å²) in [6.07, 6.45) is 2.75. The second kappa shape index (κ2) is 6.99. The fraction of sp³-hybridized carbons (Fsp3) is 0.600. The normalized spacial score (nSPS) is 24.1. The number of hydrogen-bond donors (Lipinski definition) is 2. The summed E-state index contributed by atoms with van der Waals surface area (Å²) >= 11 is 0. The Morgan fingerprint density at radius 3 is 2.85 bits per heavy atom. The van der Waals surface area contributed by atoms with E-state index in [1.54, 1.807) is 12.1 Å². The van der Waals surface area contributed by atoms with E-state index in [1.807, 2.05) is 0 Å². The first-order chi connectivity index (χ1) is 9.54. The Balaban J connectivity index is 1.86. The average molecular weight is 285 g/mol. The highest BCUT2D eigenvalue weighted by Crippen LogP contribution is 2.25. The number of alkyl halides is 2. The third-order valence-corrected chi connectivity index (χ3v) is 3.76. The van der Waals surface area contributed by atoms with Crippen molar-refractivity contribution in [1.29, 1.82) is 0 Å². The first kappa shape index (κ1) is 15.2. The minimum absolute atomic E-state index is 0.0750. The molecule has 0 spiro atoms. The Morgan fingerprint density at radius 2 is 2.20 bits per heavy atom. The molecule has 3 atom stereocenters. The molecule has 112 valence electrons. The van der Waals surface area contributed by atoms with E-state index in [0.717, 1.165) is 18.8 Å². The van der Waals surface area contributed by atoms with Crippen molar-refractivity contribution in [2.45, 2.75) is 44.9 Å². The molecule has 1 saturated carbocycles. The molecule has 2 rings (SSSR count). The van der Waals surface area contributed by atoms with E-state index in [0.29, 0.717) is 18.2 Å². The SMILES string of the molecule is CC1CCC(NCC(O)c2cccc(OC(F)F)c2)C1. The van der Waals surface area contributed by atoms with Crippen LogP contribution in [0, 0.1) is 5.92 Å². The molecule has 2 N–H and O–H groups in total. The van der Waals surface area contributed by atoms with Crippen molar-refractivity contribution in [2.75, 3.05) is 6.54 Å². The van der Waals surface area contributed by atoms with Crippen molar-refractivity contribution in [3.63, 3.8) is 0 Å². The quantitative estimate of drug-likeness (QED) is 0.844. The van der Waals surface area contributed by atoms with Crippen LogP contribution in [0.3, 0.4) is 0 Å². The zero-order valence-electron chi connectivity index (χ0n) is 11.6. The third-order valence-electron chi connectivity index (χ3n) is 3.76. The standard InChI is InChI=1S/C15H21F2NO2/c1-10-5-6-12(7-10)18-9-14(19)11-3-2-4-13(8-11)20-15(16)17/h2-4,8,10,12,14-15,18-19H,5-7,9H2,1H3. The Labute approximate surface area is 117 Å². The molecule has 5 heteroatoms. The van der Waals surface area contributed by atoms with Crippen LogP contribution >= 0.6 is 0 Å². The van der Waals surface area contributed by atoms with Crippen molar-refractivity contribution in [1.82, 2.24) is 5.32 Å². The van der Waals surface area contributed by atoms with Gasteiger partial charge in [0.1, 0.15) is 5.75 Å². The number of nitrogens with one attached hydrogen (secondary N) is 1. The number of aliphatic hydroxyl groups is 1. The molecular formula is C15H21F2NO2. The highest BCUT2D eigenvalue weighted by molar-refractivity contribution is 5.30. The molecule has 0 amide bonds. The summed E-state index contributed by atoms with van der Waals surface area (Å²) < 4.78 is 28.6. The number of aliphatic hydroxyl groups excluding tert-OH is 1. The van der Waals surface area contributed by atoms with Gasteiger partial charge in [0.25, 0.3) is 0 Å². The van der Waals surface area contributed by atoms with Crippen LogP contribution in [0.2, 0.25) is 0 Å². The molecule has 0 heterocycles.